The van der Waals surface area contributed by atoms with Gasteiger partial charge in [0.2, 0.25) is 0 Å². The van der Waals surface area contributed by atoms with Gasteiger partial charge in [0.1, 0.15) is 17.0 Å². The van der Waals surface area contributed by atoms with E-state index in [0.717, 1.165) is 27.5 Å². The van der Waals surface area contributed by atoms with Crippen molar-refractivity contribution in [2.24, 2.45) is 0 Å². The molecule has 4 aromatic rings. The van der Waals surface area contributed by atoms with Gasteiger partial charge in [-0.2, -0.15) is 0 Å². The predicted octanol–water partition coefficient (Wildman–Crippen LogP) is 5.24. The number of amides is 1. The van der Waals surface area contributed by atoms with Crippen LogP contribution in [0.4, 0.5) is 21.9 Å². The van der Waals surface area contributed by atoms with Crippen LogP contribution in [-0.2, 0) is 0 Å². The number of ether oxygens (including phenoxy) is 2. The van der Waals surface area contributed by atoms with E-state index in [2.05, 4.69) is 10.6 Å². The van der Waals surface area contributed by atoms with Crippen LogP contribution in [0.15, 0.2) is 60.7 Å². The number of rotatable bonds is 5. The van der Waals surface area contributed by atoms with E-state index in [4.69, 9.17) is 19.6 Å². The maximum absolute atomic E-state index is 11.1. The topological polar surface area (TPSA) is 92.7 Å². The Morgan fingerprint density at radius 1 is 0.931 bits per heavy atom. The second-order valence-corrected chi connectivity index (χ2v) is 6.37. The van der Waals surface area contributed by atoms with E-state index in [1.807, 2.05) is 42.5 Å². The number of benzene rings is 3. The first-order valence-electron chi connectivity index (χ1n) is 8.90. The second-order valence-electron chi connectivity index (χ2n) is 6.37. The normalized spacial score (nSPS) is 10.7. The Morgan fingerprint density at radius 2 is 1.69 bits per heavy atom. The molecule has 1 aromatic heterocycles. The van der Waals surface area contributed by atoms with Crippen molar-refractivity contribution in [2.75, 3.05) is 24.9 Å². The van der Waals surface area contributed by atoms with Gasteiger partial charge in [0.05, 0.1) is 25.4 Å². The molecule has 0 saturated carbocycles. The Morgan fingerprint density at radius 3 is 2.45 bits per heavy atom. The van der Waals surface area contributed by atoms with Gasteiger partial charge in [0.25, 0.3) is 0 Å². The number of methoxy groups -OCH3 is 2. The number of carboxylic acid groups (broad SMARTS) is 1. The van der Waals surface area contributed by atoms with Crippen LogP contribution in [0.25, 0.3) is 21.8 Å². The molecule has 4 rings (SSSR count). The lowest BCUT2D eigenvalue weighted by Crippen LogP contribution is -2.07. The van der Waals surface area contributed by atoms with Gasteiger partial charge in [-0.05, 0) is 18.2 Å². The third-order valence-corrected chi connectivity index (χ3v) is 4.56. The minimum Gasteiger partial charge on any atom is -0.497 e. The number of para-hydroxylation sites is 2. The van der Waals surface area contributed by atoms with Gasteiger partial charge >= 0.3 is 6.09 Å². The van der Waals surface area contributed by atoms with Crippen LogP contribution in [0.2, 0.25) is 0 Å². The average molecular weight is 389 g/mol. The molecule has 0 radical (unpaired) electrons. The SMILES string of the molecule is COc1cc(NC(=O)O)cc(Nc2c3ccccc3nc3c(OC)cccc23)c1. The Labute approximate surface area is 166 Å². The first-order valence-corrected chi connectivity index (χ1v) is 8.90. The van der Waals surface area contributed by atoms with Gasteiger partial charge in [-0.1, -0.05) is 30.3 Å². The highest BCUT2D eigenvalue weighted by atomic mass is 16.5. The van der Waals surface area contributed by atoms with Crippen LogP contribution in [-0.4, -0.2) is 30.4 Å². The Bertz CT molecular complexity index is 1220. The molecule has 1 heterocycles. The predicted molar refractivity (Wildman–Crippen MR) is 114 cm³/mol. The largest absolute Gasteiger partial charge is 0.497 e. The Balaban J connectivity index is 1.92. The van der Waals surface area contributed by atoms with Crippen molar-refractivity contribution in [3.05, 3.63) is 60.7 Å². The van der Waals surface area contributed by atoms with E-state index in [1.165, 1.54) is 7.11 Å². The van der Waals surface area contributed by atoms with Crippen molar-refractivity contribution in [2.45, 2.75) is 0 Å². The molecule has 0 spiro atoms. The lowest BCUT2D eigenvalue weighted by atomic mass is 10.1. The van der Waals surface area contributed by atoms with Gasteiger partial charge in [-0.15, -0.1) is 0 Å². The highest BCUT2D eigenvalue weighted by Gasteiger charge is 2.13. The van der Waals surface area contributed by atoms with Crippen LogP contribution in [0.1, 0.15) is 0 Å². The summed E-state index contributed by atoms with van der Waals surface area (Å²) < 4.78 is 10.8. The molecular weight excluding hydrogens is 370 g/mol. The first kappa shape index (κ1) is 18.4. The third-order valence-electron chi connectivity index (χ3n) is 4.56. The number of aromatic nitrogens is 1. The minimum atomic E-state index is -1.14. The van der Waals surface area contributed by atoms with E-state index >= 15 is 0 Å². The monoisotopic (exact) mass is 389 g/mol. The van der Waals surface area contributed by atoms with Crippen LogP contribution < -0.4 is 20.1 Å². The molecule has 0 unspecified atom stereocenters. The van der Waals surface area contributed by atoms with E-state index < -0.39 is 6.09 Å². The van der Waals surface area contributed by atoms with Crippen LogP contribution >= 0.6 is 0 Å². The van der Waals surface area contributed by atoms with Crippen LogP contribution in [0, 0.1) is 0 Å². The van der Waals surface area contributed by atoms with Crippen molar-refractivity contribution in [1.29, 1.82) is 0 Å². The highest BCUT2D eigenvalue weighted by molar-refractivity contribution is 6.10. The highest BCUT2D eigenvalue weighted by Crippen LogP contribution is 2.37. The molecule has 0 fully saturated rings. The summed E-state index contributed by atoms with van der Waals surface area (Å²) in [4.78, 5) is 15.8. The number of carbonyl (C=O) groups is 1. The summed E-state index contributed by atoms with van der Waals surface area (Å²) in [5.74, 6) is 1.20. The van der Waals surface area contributed by atoms with Gasteiger partial charge < -0.3 is 19.9 Å². The summed E-state index contributed by atoms with van der Waals surface area (Å²) in [6, 6.07) is 18.7. The molecule has 0 aliphatic heterocycles. The number of pyridine rings is 1. The molecule has 0 bridgehead atoms. The standard InChI is InChI=1S/C22H19N3O4/c1-28-15-11-13(10-14(12-15)24-22(26)27)23-20-16-6-3-4-8-18(16)25-21-17(20)7-5-9-19(21)29-2/h3-12,24H,1-2H3,(H,23,25)(H,26,27). The molecule has 0 aliphatic carbocycles. The molecular formula is C22H19N3O4. The molecule has 29 heavy (non-hydrogen) atoms. The zero-order valence-electron chi connectivity index (χ0n) is 15.9. The summed E-state index contributed by atoms with van der Waals surface area (Å²) in [7, 11) is 3.15. The van der Waals surface area contributed by atoms with E-state index in [1.54, 1.807) is 25.3 Å². The number of fused-ring (bicyclic) bond motifs is 2. The lowest BCUT2D eigenvalue weighted by molar-refractivity contribution is 0.209. The molecule has 7 nitrogen and oxygen atoms in total. The third kappa shape index (κ3) is 3.58. The number of nitrogens with one attached hydrogen (secondary N) is 2. The summed E-state index contributed by atoms with van der Waals surface area (Å²) >= 11 is 0. The quantitative estimate of drug-likeness (QED) is 0.404. The number of nitrogens with zero attached hydrogens (tertiary/aromatic N) is 1. The maximum Gasteiger partial charge on any atom is 0.409 e. The van der Waals surface area contributed by atoms with Crippen molar-refractivity contribution in [1.82, 2.24) is 4.98 Å². The van der Waals surface area contributed by atoms with Gasteiger partial charge in [-0.25, -0.2) is 9.78 Å². The molecule has 0 atom stereocenters. The fraction of sp³-hybridized carbons (Fsp3) is 0.0909. The van der Waals surface area contributed by atoms with Crippen LogP contribution in [0.5, 0.6) is 11.5 Å². The van der Waals surface area contributed by atoms with Crippen molar-refractivity contribution in [3.8, 4) is 11.5 Å². The van der Waals surface area contributed by atoms with Crippen molar-refractivity contribution < 1.29 is 19.4 Å². The van der Waals surface area contributed by atoms with E-state index in [9.17, 15) is 4.79 Å². The maximum atomic E-state index is 11.1. The summed E-state index contributed by atoms with van der Waals surface area (Å²) in [6.45, 7) is 0. The number of anilines is 3. The van der Waals surface area contributed by atoms with E-state index in [-0.39, 0.29) is 0 Å². The molecule has 7 heteroatoms. The fourth-order valence-corrected chi connectivity index (χ4v) is 3.32. The zero-order chi connectivity index (χ0) is 20.4. The molecule has 0 aliphatic rings. The Kier molecular flexibility index (Phi) is 4.78. The first-order chi connectivity index (χ1) is 14.1. The smallest absolute Gasteiger partial charge is 0.409 e. The average Bonchev–Trinajstić information content (AvgIpc) is 2.72. The second kappa shape index (κ2) is 7.55. The summed E-state index contributed by atoms with van der Waals surface area (Å²) in [6.07, 6.45) is -1.14. The Hall–Kier alpha value is -4.00. The zero-order valence-corrected chi connectivity index (χ0v) is 15.9. The van der Waals surface area contributed by atoms with Gasteiger partial charge in [0.15, 0.2) is 0 Å². The minimum absolute atomic E-state index is 0.402. The molecule has 3 N–H and O–H groups in total. The van der Waals surface area contributed by atoms with E-state index in [0.29, 0.717) is 22.9 Å². The molecule has 1 amide bonds. The fourth-order valence-electron chi connectivity index (χ4n) is 3.32. The van der Waals surface area contributed by atoms with Crippen LogP contribution in [0.3, 0.4) is 0 Å². The summed E-state index contributed by atoms with van der Waals surface area (Å²) in [5, 5.41) is 16.7. The number of hydrogen-bond donors (Lipinski definition) is 3. The molecule has 3 aromatic carbocycles. The summed E-state index contributed by atoms with van der Waals surface area (Å²) in [5.41, 5.74) is 3.48. The van der Waals surface area contributed by atoms with Gasteiger partial charge in [0, 0.05) is 34.3 Å². The molecule has 0 saturated heterocycles. The molecule has 146 valence electrons. The lowest BCUT2D eigenvalue weighted by Gasteiger charge is -2.16. The van der Waals surface area contributed by atoms with Crippen molar-refractivity contribution >= 4 is 45.0 Å². The van der Waals surface area contributed by atoms with Gasteiger partial charge in [-0.3, -0.25) is 5.32 Å². The number of hydrogen-bond acceptors (Lipinski definition) is 5. The van der Waals surface area contributed by atoms with Crippen molar-refractivity contribution in [3.63, 3.8) is 0 Å².